The smallest absolute Gasteiger partial charge is 0.320 e. The van der Waals surface area contributed by atoms with Gasteiger partial charge in [0.2, 0.25) is 11.8 Å². The molecule has 2 amide bonds. The fraction of sp³-hybridized carbons (Fsp3) is 0.812. The molecule has 0 saturated carbocycles. The van der Waals surface area contributed by atoms with Crippen LogP contribution in [0.15, 0.2) is 0 Å². The minimum Gasteiger partial charge on any atom is -0.459 e. The normalized spacial score (nSPS) is 11.3. The van der Waals surface area contributed by atoms with E-state index in [4.69, 9.17) is 27.9 Å². The van der Waals surface area contributed by atoms with Crippen LogP contribution in [0.25, 0.3) is 0 Å². The molecule has 0 unspecified atom stereocenters. The Labute approximate surface area is 159 Å². The summed E-state index contributed by atoms with van der Waals surface area (Å²) < 4.78 is 5.34. The highest BCUT2D eigenvalue weighted by Gasteiger charge is 2.18. The topological polar surface area (TPSA) is 87.7 Å². The number of hydrogen-bond acceptors (Lipinski definition) is 5. The van der Waals surface area contributed by atoms with Crippen LogP contribution in [0.3, 0.4) is 0 Å². The molecule has 0 radical (unpaired) electrons. The minimum atomic E-state index is -0.536. The maximum absolute atomic E-state index is 12.0. The number of nitrogens with one attached hydrogen (secondary N) is 2. The first-order valence-electron chi connectivity index (χ1n) is 8.27. The third-order valence-electron chi connectivity index (χ3n) is 2.96. The molecule has 7 nitrogen and oxygen atoms in total. The SMILES string of the molecule is CC(C)(C)OC(=O)CN(CCCNC(=O)CCl)CCCNC(=O)CCl. The number of alkyl halides is 2. The second kappa shape index (κ2) is 13.2. The Morgan fingerprint density at radius 3 is 1.72 bits per heavy atom. The zero-order valence-electron chi connectivity index (χ0n) is 15.2. The third-order valence-corrected chi connectivity index (χ3v) is 3.45. The van der Waals surface area contributed by atoms with Crippen LogP contribution in [-0.2, 0) is 19.1 Å². The van der Waals surface area contributed by atoms with Crippen molar-refractivity contribution in [3.05, 3.63) is 0 Å². The molecule has 0 heterocycles. The number of halogens is 2. The van der Waals surface area contributed by atoms with Gasteiger partial charge in [-0.3, -0.25) is 19.3 Å². The lowest BCUT2D eigenvalue weighted by Crippen LogP contribution is -2.38. The summed E-state index contributed by atoms with van der Waals surface area (Å²) in [5.74, 6) is -0.876. The van der Waals surface area contributed by atoms with Crippen molar-refractivity contribution in [3.63, 3.8) is 0 Å². The van der Waals surface area contributed by atoms with Gasteiger partial charge in [0.1, 0.15) is 17.4 Å². The van der Waals surface area contributed by atoms with Crippen molar-refractivity contribution in [2.24, 2.45) is 0 Å². The molecule has 25 heavy (non-hydrogen) atoms. The van der Waals surface area contributed by atoms with E-state index in [-0.39, 0.29) is 36.1 Å². The molecule has 0 aliphatic heterocycles. The number of amides is 2. The zero-order valence-corrected chi connectivity index (χ0v) is 16.7. The molecule has 0 rings (SSSR count). The van der Waals surface area contributed by atoms with Crippen LogP contribution in [0.2, 0.25) is 0 Å². The molecule has 0 aromatic carbocycles. The highest BCUT2D eigenvalue weighted by Crippen LogP contribution is 2.07. The van der Waals surface area contributed by atoms with Crippen LogP contribution < -0.4 is 10.6 Å². The molecule has 0 saturated heterocycles. The van der Waals surface area contributed by atoms with Crippen LogP contribution in [0.1, 0.15) is 33.6 Å². The number of esters is 1. The first-order valence-corrected chi connectivity index (χ1v) is 9.34. The van der Waals surface area contributed by atoms with Gasteiger partial charge in [0.05, 0.1) is 6.54 Å². The van der Waals surface area contributed by atoms with E-state index in [1.54, 1.807) is 0 Å². The van der Waals surface area contributed by atoms with Crippen molar-refractivity contribution in [1.82, 2.24) is 15.5 Å². The van der Waals surface area contributed by atoms with Crippen molar-refractivity contribution in [2.75, 3.05) is 44.5 Å². The van der Waals surface area contributed by atoms with E-state index in [1.165, 1.54) is 0 Å². The lowest BCUT2D eigenvalue weighted by molar-refractivity contribution is -0.156. The zero-order chi connectivity index (χ0) is 19.3. The Kier molecular flexibility index (Phi) is 12.6. The molecule has 0 aliphatic rings. The van der Waals surface area contributed by atoms with Crippen molar-refractivity contribution in [3.8, 4) is 0 Å². The van der Waals surface area contributed by atoms with E-state index in [0.717, 1.165) is 0 Å². The van der Waals surface area contributed by atoms with Gasteiger partial charge in [-0.25, -0.2) is 0 Å². The Morgan fingerprint density at radius 2 is 1.36 bits per heavy atom. The average molecular weight is 398 g/mol. The lowest BCUT2D eigenvalue weighted by Gasteiger charge is -2.25. The predicted octanol–water partition coefficient (Wildman–Crippen LogP) is 1.12. The number of carbonyl (C=O) groups excluding carboxylic acids is 3. The van der Waals surface area contributed by atoms with Crippen LogP contribution in [-0.4, -0.2) is 72.8 Å². The highest BCUT2D eigenvalue weighted by molar-refractivity contribution is 6.27. The second-order valence-corrected chi connectivity index (χ2v) is 7.07. The van der Waals surface area contributed by atoms with E-state index >= 15 is 0 Å². The largest absolute Gasteiger partial charge is 0.459 e. The number of carbonyl (C=O) groups is 3. The van der Waals surface area contributed by atoms with Crippen molar-refractivity contribution < 1.29 is 19.1 Å². The van der Waals surface area contributed by atoms with Gasteiger partial charge >= 0.3 is 5.97 Å². The van der Waals surface area contributed by atoms with E-state index in [0.29, 0.717) is 39.0 Å². The molecule has 146 valence electrons. The van der Waals surface area contributed by atoms with E-state index in [1.807, 2.05) is 25.7 Å². The van der Waals surface area contributed by atoms with Gasteiger partial charge in [-0.05, 0) is 33.6 Å². The molecular formula is C16H29Cl2N3O4. The Bertz CT molecular complexity index is 404. The van der Waals surface area contributed by atoms with Gasteiger partial charge in [0, 0.05) is 26.2 Å². The summed E-state index contributed by atoms with van der Waals surface area (Å²) in [5, 5.41) is 5.37. The molecular weight excluding hydrogens is 369 g/mol. The standard InChI is InChI=1S/C16H29Cl2N3O4/c1-16(2,3)25-15(24)12-21(8-4-6-19-13(22)10-17)9-5-7-20-14(23)11-18/h4-12H2,1-3H3,(H,19,22)(H,20,23). The molecule has 2 N–H and O–H groups in total. The van der Waals surface area contributed by atoms with Crippen LogP contribution in [0.4, 0.5) is 0 Å². The summed E-state index contributed by atoms with van der Waals surface area (Å²) in [5.41, 5.74) is -0.536. The van der Waals surface area contributed by atoms with Crippen molar-refractivity contribution in [2.45, 2.75) is 39.2 Å². The van der Waals surface area contributed by atoms with E-state index in [9.17, 15) is 14.4 Å². The maximum Gasteiger partial charge on any atom is 0.320 e. The van der Waals surface area contributed by atoms with E-state index in [2.05, 4.69) is 10.6 Å². The molecule has 0 atom stereocenters. The lowest BCUT2D eigenvalue weighted by atomic mass is 10.2. The van der Waals surface area contributed by atoms with Gasteiger partial charge < -0.3 is 15.4 Å². The fourth-order valence-corrected chi connectivity index (χ4v) is 2.17. The van der Waals surface area contributed by atoms with Crippen molar-refractivity contribution >= 4 is 41.0 Å². The van der Waals surface area contributed by atoms with Crippen molar-refractivity contribution in [1.29, 1.82) is 0 Å². The molecule has 0 aromatic rings. The van der Waals surface area contributed by atoms with Gasteiger partial charge in [-0.1, -0.05) is 0 Å². The number of hydrogen-bond donors (Lipinski definition) is 2. The minimum absolute atomic E-state index is 0.0676. The molecule has 0 spiro atoms. The third kappa shape index (κ3) is 15.0. The Morgan fingerprint density at radius 1 is 0.920 bits per heavy atom. The number of rotatable bonds is 12. The Balaban J connectivity index is 4.31. The van der Waals surface area contributed by atoms with Crippen LogP contribution >= 0.6 is 23.2 Å². The van der Waals surface area contributed by atoms with Crippen LogP contribution in [0, 0.1) is 0 Å². The maximum atomic E-state index is 12.0. The molecule has 0 bridgehead atoms. The summed E-state index contributed by atoms with van der Waals surface area (Å²) in [6.07, 6.45) is 1.36. The molecule has 0 aromatic heterocycles. The predicted molar refractivity (Wildman–Crippen MR) is 99.0 cm³/mol. The summed E-state index contributed by atoms with van der Waals surface area (Å²) in [4.78, 5) is 36.2. The number of nitrogens with zero attached hydrogens (tertiary/aromatic N) is 1. The van der Waals surface area contributed by atoms with Gasteiger partial charge in [-0.2, -0.15) is 0 Å². The summed E-state index contributed by atoms with van der Waals surface area (Å²) >= 11 is 10.8. The highest BCUT2D eigenvalue weighted by atomic mass is 35.5. The second-order valence-electron chi connectivity index (χ2n) is 6.54. The molecule has 0 aliphatic carbocycles. The number of ether oxygens (including phenoxy) is 1. The summed E-state index contributed by atoms with van der Waals surface area (Å²) in [6, 6.07) is 0. The molecule has 0 fully saturated rings. The van der Waals surface area contributed by atoms with Gasteiger partial charge in [-0.15, -0.1) is 23.2 Å². The summed E-state index contributed by atoms with van der Waals surface area (Å²) in [6.45, 7) is 7.81. The van der Waals surface area contributed by atoms with E-state index < -0.39 is 5.60 Å². The molecule has 9 heteroatoms. The average Bonchev–Trinajstić information content (AvgIpc) is 2.52. The van der Waals surface area contributed by atoms with Gasteiger partial charge in [0.25, 0.3) is 0 Å². The van der Waals surface area contributed by atoms with Gasteiger partial charge in [0.15, 0.2) is 0 Å². The van der Waals surface area contributed by atoms with Crippen LogP contribution in [0.5, 0.6) is 0 Å². The first kappa shape index (κ1) is 23.9. The summed E-state index contributed by atoms with van der Waals surface area (Å²) in [7, 11) is 0. The first-order chi connectivity index (χ1) is 11.7. The Hall–Kier alpha value is -1.05. The monoisotopic (exact) mass is 397 g/mol. The fourth-order valence-electron chi connectivity index (χ4n) is 1.98. The quantitative estimate of drug-likeness (QED) is 0.292.